The number of carbonyl (C=O) groups excluding carboxylic acids is 1. The van der Waals surface area contributed by atoms with Gasteiger partial charge in [0, 0.05) is 32.9 Å². The van der Waals surface area contributed by atoms with Gasteiger partial charge in [-0.3, -0.25) is 25.2 Å². The minimum Gasteiger partial charge on any atom is -0.444 e. The maximum Gasteiger partial charge on any atom is 0.530 e. The van der Waals surface area contributed by atoms with Crippen molar-refractivity contribution >= 4 is 70.5 Å². The molecule has 1 aromatic carbocycles. The summed E-state index contributed by atoms with van der Waals surface area (Å²) in [5, 5.41) is 3.04. The van der Waals surface area contributed by atoms with Crippen molar-refractivity contribution in [2.75, 3.05) is 24.0 Å². The lowest BCUT2D eigenvalue weighted by Crippen LogP contribution is -2.34. The third kappa shape index (κ3) is 13.5. The lowest BCUT2D eigenvalue weighted by molar-refractivity contribution is 0.151. The van der Waals surface area contributed by atoms with Crippen LogP contribution in [0.2, 0.25) is 56.4 Å². The molecular weight excluding hydrogens is 621 g/mol. The summed E-state index contributed by atoms with van der Waals surface area (Å²) in [6, 6.07) is 7.97. The molecule has 16 heteroatoms. The van der Waals surface area contributed by atoms with Crippen molar-refractivity contribution in [2.45, 2.75) is 64.9 Å². The van der Waals surface area contributed by atoms with Crippen molar-refractivity contribution in [3.8, 4) is 5.75 Å². The zero-order chi connectivity index (χ0) is 30.8. The summed E-state index contributed by atoms with van der Waals surface area (Å²) in [7, 11) is -6.91. The van der Waals surface area contributed by atoms with E-state index in [2.05, 4.69) is 60.4 Å². The second-order valence-electron chi connectivity index (χ2n) is 11.7. The first kappa shape index (κ1) is 35.0. The van der Waals surface area contributed by atoms with Gasteiger partial charge in [0.15, 0.2) is 10.9 Å². The van der Waals surface area contributed by atoms with E-state index in [0.29, 0.717) is 21.8 Å². The largest absolute Gasteiger partial charge is 0.530 e. The number of nitrogens with one attached hydrogen (secondary N) is 3. The fourth-order valence-corrected chi connectivity index (χ4v) is 6.35. The van der Waals surface area contributed by atoms with Gasteiger partial charge in [0.2, 0.25) is 0 Å². The number of halogens is 1. The van der Waals surface area contributed by atoms with Gasteiger partial charge in [-0.25, -0.2) is 14.3 Å². The number of aryl methyl sites for hydroxylation is 1. The maximum absolute atomic E-state index is 13.7. The van der Waals surface area contributed by atoms with Crippen LogP contribution >= 0.6 is 31.6 Å². The van der Waals surface area contributed by atoms with E-state index in [0.717, 1.165) is 12.1 Å². The van der Waals surface area contributed by atoms with Crippen LogP contribution in [0.5, 0.6) is 5.75 Å². The van der Waals surface area contributed by atoms with Crippen molar-refractivity contribution in [1.29, 1.82) is 0 Å². The van der Waals surface area contributed by atoms with Crippen LogP contribution in [0.25, 0.3) is 0 Å². The topological polar surface area (TPSA) is 146 Å². The first-order valence-corrected chi connectivity index (χ1v) is 22.7. The number of hydrogen-bond donors (Lipinski definition) is 4. The molecule has 1 heterocycles. The lowest BCUT2D eigenvalue weighted by atomic mass is 10.2. The smallest absolute Gasteiger partial charge is 0.444 e. The van der Waals surface area contributed by atoms with E-state index in [4.69, 9.17) is 47.9 Å². The zero-order valence-corrected chi connectivity index (χ0v) is 29.1. The Labute approximate surface area is 254 Å². The van der Waals surface area contributed by atoms with E-state index in [9.17, 15) is 9.36 Å². The number of thiocarbonyl (C=S) groups is 1. The van der Waals surface area contributed by atoms with Gasteiger partial charge in [-0.1, -0.05) is 50.9 Å². The number of pyridine rings is 1. The van der Waals surface area contributed by atoms with E-state index in [1.54, 1.807) is 37.4 Å². The molecule has 41 heavy (non-hydrogen) atoms. The number of phosphoric ester groups is 1. The number of nitrogens with two attached hydrogens (primary N) is 1. The van der Waals surface area contributed by atoms with Crippen LogP contribution in [-0.4, -0.2) is 45.6 Å². The van der Waals surface area contributed by atoms with Gasteiger partial charge in [-0.15, -0.1) is 0 Å². The molecule has 0 aliphatic carbocycles. The predicted molar refractivity (Wildman–Crippen MR) is 174 cm³/mol. The number of amides is 1. The number of nitrogens with zero attached hydrogens (tertiary/aromatic N) is 1. The molecule has 5 N–H and O–H groups in total. The lowest BCUT2D eigenvalue weighted by Gasteiger charge is -2.23. The van der Waals surface area contributed by atoms with Crippen LogP contribution in [0.4, 0.5) is 16.3 Å². The molecule has 0 saturated carbocycles. The van der Waals surface area contributed by atoms with Crippen molar-refractivity contribution in [3.63, 3.8) is 0 Å². The Morgan fingerprint density at radius 3 is 2.24 bits per heavy atom. The standard InChI is InChI=1S/C25H41ClN5O6PSSi2/c1-18-10-11-28-23(30-31-24(27)39)22(18)29-25(32)34-17-19-16-20(26)8-9-21(19)37-38(33,35-12-14-40(2,3)4)36-13-15-41(5,6)7/h8-11,16H,12-15,17H2,1-7H3,(H,28,30)(H,29,32)(H3,27,31,39). The molecule has 0 spiro atoms. The second kappa shape index (κ2) is 15.3. The van der Waals surface area contributed by atoms with Crippen molar-refractivity contribution in [1.82, 2.24) is 10.4 Å². The average Bonchev–Trinajstić information content (AvgIpc) is 2.83. The quantitative estimate of drug-likeness (QED) is 0.0668. The minimum atomic E-state index is -3.99. The molecule has 0 radical (unpaired) electrons. The van der Waals surface area contributed by atoms with E-state index in [1.165, 1.54) is 0 Å². The van der Waals surface area contributed by atoms with E-state index >= 15 is 0 Å². The Kier molecular flexibility index (Phi) is 13.1. The summed E-state index contributed by atoms with van der Waals surface area (Å²) in [5.74, 6) is 0.459. The van der Waals surface area contributed by atoms with Crippen LogP contribution in [0, 0.1) is 6.92 Å². The Hall–Kier alpha value is -2.20. The molecule has 228 valence electrons. The number of benzene rings is 1. The van der Waals surface area contributed by atoms with Gasteiger partial charge in [0.25, 0.3) is 0 Å². The summed E-state index contributed by atoms with van der Waals surface area (Å²) < 4.78 is 36.6. The summed E-state index contributed by atoms with van der Waals surface area (Å²) in [5.41, 5.74) is 12.2. The molecule has 0 saturated heterocycles. The highest BCUT2D eigenvalue weighted by Gasteiger charge is 2.32. The molecular formula is C25H41ClN5O6PSSi2. The summed E-state index contributed by atoms with van der Waals surface area (Å²) >= 11 is 11.0. The molecule has 0 aliphatic heterocycles. The number of aromatic nitrogens is 1. The highest BCUT2D eigenvalue weighted by molar-refractivity contribution is 7.80. The van der Waals surface area contributed by atoms with Gasteiger partial charge >= 0.3 is 13.9 Å². The van der Waals surface area contributed by atoms with Gasteiger partial charge in [0.1, 0.15) is 12.4 Å². The fraction of sp³-hybridized carbons (Fsp3) is 0.480. The Morgan fingerprint density at radius 1 is 1.07 bits per heavy atom. The summed E-state index contributed by atoms with van der Waals surface area (Å²) in [6.45, 7) is 15.2. The van der Waals surface area contributed by atoms with Gasteiger partial charge < -0.3 is 15.0 Å². The maximum atomic E-state index is 13.7. The molecule has 0 bridgehead atoms. The van der Waals surface area contributed by atoms with Crippen molar-refractivity contribution in [3.05, 3.63) is 46.6 Å². The van der Waals surface area contributed by atoms with Crippen LogP contribution in [0.3, 0.4) is 0 Å². The second-order valence-corrected chi connectivity index (χ2v) is 25.5. The highest BCUT2D eigenvalue weighted by atomic mass is 35.5. The number of anilines is 2. The summed E-state index contributed by atoms with van der Waals surface area (Å²) in [6.07, 6.45) is 0.784. The number of carbonyl (C=O) groups is 1. The SMILES string of the molecule is Cc1ccnc(NNC(N)=S)c1NC(=O)OCc1cc(Cl)ccc1OP(=O)(OCC[Si](C)(C)C)OCC[Si](C)(C)C. The number of phosphoric acid groups is 1. The molecule has 2 aromatic rings. The number of rotatable bonds is 15. The molecule has 2 rings (SSSR count). The molecule has 0 unspecified atom stereocenters. The van der Waals surface area contributed by atoms with E-state index in [-0.39, 0.29) is 36.5 Å². The van der Waals surface area contributed by atoms with Crippen LogP contribution < -0.4 is 26.4 Å². The first-order valence-electron chi connectivity index (χ1n) is 13.0. The van der Waals surface area contributed by atoms with Gasteiger partial charge in [-0.2, -0.15) is 0 Å². The minimum absolute atomic E-state index is 0.00142. The Morgan fingerprint density at radius 2 is 1.68 bits per heavy atom. The van der Waals surface area contributed by atoms with Crippen LogP contribution in [-0.2, 0) is 25.0 Å². The normalized spacial score (nSPS) is 12.0. The highest BCUT2D eigenvalue weighted by Crippen LogP contribution is 2.51. The zero-order valence-electron chi connectivity index (χ0n) is 24.6. The molecule has 0 aliphatic rings. The van der Waals surface area contributed by atoms with Gasteiger partial charge in [-0.05, 0) is 61.1 Å². The van der Waals surface area contributed by atoms with E-state index in [1.807, 2.05) is 0 Å². The number of hydrogen-bond acceptors (Lipinski definition) is 9. The summed E-state index contributed by atoms with van der Waals surface area (Å²) in [4.78, 5) is 16.9. The average molecular weight is 662 g/mol. The Bertz CT molecular complexity index is 1240. The third-order valence-corrected chi connectivity index (χ3v) is 10.6. The monoisotopic (exact) mass is 661 g/mol. The van der Waals surface area contributed by atoms with Gasteiger partial charge in [0.05, 0.1) is 18.9 Å². The number of ether oxygens (including phenoxy) is 1. The Balaban J connectivity index is 2.18. The van der Waals surface area contributed by atoms with Crippen molar-refractivity contribution < 1.29 is 27.7 Å². The van der Waals surface area contributed by atoms with E-state index < -0.39 is 30.1 Å². The predicted octanol–water partition coefficient (Wildman–Crippen LogP) is 7.15. The first-order chi connectivity index (χ1) is 19.0. The molecule has 11 nitrogen and oxygen atoms in total. The molecule has 1 amide bonds. The number of hydrazine groups is 1. The molecule has 1 aromatic heterocycles. The van der Waals surface area contributed by atoms with Crippen LogP contribution in [0.15, 0.2) is 30.5 Å². The van der Waals surface area contributed by atoms with Crippen LogP contribution in [0.1, 0.15) is 11.1 Å². The molecule has 0 atom stereocenters. The molecule has 0 fully saturated rings. The third-order valence-electron chi connectivity index (χ3n) is 5.48. The van der Waals surface area contributed by atoms with Crippen molar-refractivity contribution in [2.24, 2.45) is 5.73 Å². The fourth-order valence-electron chi connectivity index (χ4n) is 3.10.